The molecule has 2 fully saturated rings. The van der Waals surface area contributed by atoms with Crippen LogP contribution >= 0.6 is 0 Å². The second-order valence-corrected chi connectivity index (χ2v) is 9.41. The fraction of sp³-hybridized carbons (Fsp3) is 0.591. The second-order valence-electron chi connectivity index (χ2n) is 9.41. The van der Waals surface area contributed by atoms with E-state index in [1.807, 2.05) is 20.8 Å². The maximum atomic E-state index is 12.3. The van der Waals surface area contributed by atoms with Crippen molar-refractivity contribution in [3.63, 3.8) is 0 Å². The predicted molar refractivity (Wildman–Crippen MR) is 111 cm³/mol. The van der Waals surface area contributed by atoms with Crippen molar-refractivity contribution in [1.29, 1.82) is 0 Å². The lowest BCUT2D eigenvalue weighted by atomic mass is 10.0. The summed E-state index contributed by atoms with van der Waals surface area (Å²) in [5.74, 6) is -0.396. The van der Waals surface area contributed by atoms with E-state index in [-0.39, 0.29) is 30.9 Å². The Morgan fingerprint density at radius 2 is 1.84 bits per heavy atom. The Morgan fingerprint density at radius 1 is 1.12 bits per heavy atom. The number of aliphatic hydroxyl groups is 2. The van der Waals surface area contributed by atoms with Crippen molar-refractivity contribution in [1.82, 2.24) is 15.1 Å². The van der Waals surface area contributed by atoms with Gasteiger partial charge >= 0.3 is 6.09 Å². The van der Waals surface area contributed by atoms with Crippen LogP contribution in [0.2, 0.25) is 0 Å². The van der Waals surface area contributed by atoms with Gasteiger partial charge in [0.1, 0.15) is 29.9 Å². The molecule has 32 heavy (non-hydrogen) atoms. The first-order valence-corrected chi connectivity index (χ1v) is 10.8. The number of fused-ring (bicyclic) bond motifs is 1. The van der Waals surface area contributed by atoms with E-state index in [4.69, 9.17) is 9.47 Å². The molecule has 3 N–H and O–H groups in total. The zero-order valence-electron chi connectivity index (χ0n) is 18.4. The van der Waals surface area contributed by atoms with Gasteiger partial charge in [-0.2, -0.15) is 0 Å². The topological polar surface area (TPSA) is 129 Å². The van der Waals surface area contributed by atoms with Crippen LogP contribution in [0.3, 0.4) is 0 Å². The highest BCUT2D eigenvalue weighted by Crippen LogP contribution is 2.43. The van der Waals surface area contributed by atoms with Crippen molar-refractivity contribution in [2.75, 3.05) is 13.1 Å². The van der Waals surface area contributed by atoms with E-state index >= 15 is 0 Å². The van der Waals surface area contributed by atoms with Crippen molar-refractivity contribution < 1.29 is 34.1 Å². The van der Waals surface area contributed by atoms with Crippen LogP contribution in [0.4, 0.5) is 4.79 Å². The number of aliphatic hydroxyl groups excluding tert-OH is 2. The Hall–Kier alpha value is -2.69. The average Bonchev–Trinajstić information content (AvgIpc) is 3.25. The van der Waals surface area contributed by atoms with Crippen LogP contribution < -0.4 is 10.1 Å². The van der Waals surface area contributed by atoms with Gasteiger partial charge in [0.2, 0.25) is 11.8 Å². The highest BCUT2D eigenvalue weighted by Gasteiger charge is 2.45. The van der Waals surface area contributed by atoms with Gasteiger partial charge in [-0.15, -0.1) is 0 Å². The smallest absolute Gasteiger partial charge is 0.410 e. The zero-order chi connectivity index (χ0) is 23.2. The van der Waals surface area contributed by atoms with E-state index < -0.39 is 30.0 Å². The molecule has 10 nitrogen and oxygen atoms in total. The lowest BCUT2D eigenvalue weighted by Crippen LogP contribution is -2.52. The first kappa shape index (κ1) is 22.5. The quantitative estimate of drug-likeness (QED) is 0.589. The van der Waals surface area contributed by atoms with Crippen LogP contribution in [0.5, 0.6) is 5.75 Å². The van der Waals surface area contributed by atoms with Gasteiger partial charge in [0.05, 0.1) is 12.6 Å². The maximum absolute atomic E-state index is 12.3. The normalized spacial score (nSPS) is 28.5. The van der Waals surface area contributed by atoms with Crippen LogP contribution in [0.1, 0.15) is 63.6 Å². The first-order valence-electron chi connectivity index (χ1n) is 10.8. The molecule has 3 heterocycles. The summed E-state index contributed by atoms with van der Waals surface area (Å²) < 4.78 is 11.4. The molecule has 0 aliphatic carbocycles. The lowest BCUT2D eigenvalue weighted by Gasteiger charge is -2.34. The van der Waals surface area contributed by atoms with Crippen LogP contribution in [-0.2, 0) is 14.3 Å². The number of ether oxygens (including phenoxy) is 2. The third-order valence-corrected chi connectivity index (χ3v) is 5.85. The Morgan fingerprint density at radius 3 is 2.53 bits per heavy atom. The van der Waals surface area contributed by atoms with Gasteiger partial charge in [0, 0.05) is 30.5 Å². The summed E-state index contributed by atoms with van der Waals surface area (Å²) in [6, 6.07) is 4.18. The SMILES string of the molecule is CC(C)(C)OC(=O)N1CC[C@H](Oc2ccc3c(c2)[C@H](O)N([C@H]2CCC(=O)NC2=O)[C@H]3O)C1. The summed E-state index contributed by atoms with van der Waals surface area (Å²) >= 11 is 0. The summed E-state index contributed by atoms with van der Waals surface area (Å²) in [7, 11) is 0. The van der Waals surface area contributed by atoms with Gasteiger partial charge in [-0.25, -0.2) is 9.69 Å². The molecule has 0 bridgehead atoms. The molecule has 3 aliphatic rings. The summed E-state index contributed by atoms with van der Waals surface area (Å²) in [5.41, 5.74) is 0.361. The predicted octanol–water partition coefficient (Wildman–Crippen LogP) is 1.18. The van der Waals surface area contributed by atoms with E-state index in [9.17, 15) is 24.6 Å². The molecule has 0 spiro atoms. The average molecular weight is 447 g/mol. The Kier molecular flexibility index (Phi) is 5.87. The number of hydrogen-bond donors (Lipinski definition) is 3. The van der Waals surface area contributed by atoms with Crippen LogP contribution in [0, 0.1) is 0 Å². The molecule has 4 rings (SSSR count). The van der Waals surface area contributed by atoms with Crippen molar-refractivity contribution in [2.24, 2.45) is 0 Å². The summed E-state index contributed by atoms with van der Waals surface area (Å²) in [6.45, 7) is 6.36. The van der Waals surface area contributed by atoms with Crippen molar-refractivity contribution >= 4 is 17.9 Å². The van der Waals surface area contributed by atoms with E-state index in [0.29, 0.717) is 36.4 Å². The molecule has 3 amide bonds. The number of carbonyl (C=O) groups is 3. The van der Waals surface area contributed by atoms with E-state index in [2.05, 4.69) is 5.32 Å². The van der Waals surface area contributed by atoms with Gasteiger partial charge in [-0.1, -0.05) is 6.07 Å². The van der Waals surface area contributed by atoms with Crippen molar-refractivity contribution in [2.45, 2.75) is 70.2 Å². The number of imide groups is 1. The molecule has 3 aliphatic heterocycles. The minimum atomic E-state index is -1.21. The molecular formula is C22H29N3O7. The molecule has 2 saturated heterocycles. The van der Waals surface area contributed by atoms with E-state index in [1.165, 1.54) is 4.90 Å². The summed E-state index contributed by atoms with van der Waals surface area (Å²) in [5, 5.41) is 23.8. The fourth-order valence-corrected chi connectivity index (χ4v) is 4.36. The zero-order valence-corrected chi connectivity index (χ0v) is 18.4. The number of nitrogens with zero attached hydrogens (tertiary/aromatic N) is 2. The standard InChI is InChI=1S/C22H29N3O7/c1-22(2,3)32-21(30)24-9-8-13(11-24)31-12-4-5-14-15(10-12)20(29)25(19(14)28)16-6-7-17(26)23-18(16)27/h4-5,10,13,16,19-20,28-29H,6-9,11H2,1-3H3,(H,23,26,27)/t13-,16-,19-,20-/m0/s1. The van der Waals surface area contributed by atoms with Crippen LogP contribution in [-0.4, -0.2) is 68.8 Å². The van der Waals surface area contributed by atoms with Crippen LogP contribution in [0.25, 0.3) is 0 Å². The molecule has 0 radical (unpaired) electrons. The second kappa shape index (κ2) is 8.34. The lowest BCUT2D eigenvalue weighted by molar-refractivity contribution is -0.154. The van der Waals surface area contributed by atoms with Gasteiger partial charge in [0.25, 0.3) is 0 Å². The number of benzene rings is 1. The molecule has 1 aromatic carbocycles. The van der Waals surface area contributed by atoms with Gasteiger partial charge in [-0.3, -0.25) is 14.9 Å². The number of hydrogen-bond acceptors (Lipinski definition) is 8. The third-order valence-electron chi connectivity index (χ3n) is 5.85. The highest BCUT2D eigenvalue weighted by molar-refractivity contribution is 6.00. The van der Waals surface area contributed by atoms with Crippen molar-refractivity contribution in [3.8, 4) is 5.75 Å². The number of piperidine rings is 1. The molecule has 0 aromatic heterocycles. The van der Waals surface area contributed by atoms with Crippen LogP contribution in [0.15, 0.2) is 18.2 Å². The molecule has 4 atom stereocenters. The van der Waals surface area contributed by atoms with E-state index in [1.54, 1.807) is 23.1 Å². The first-order chi connectivity index (χ1) is 15.0. The number of rotatable bonds is 3. The minimum Gasteiger partial charge on any atom is -0.489 e. The number of amides is 3. The van der Waals surface area contributed by atoms with Crippen molar-refractivity contribution in [3.05, 3.63) is 29.3 Å². The number of carbonyl (C=O) groups excluding carboxylic acids is 3. The molecule has 1 aromatic rings. The fourth-order valence-electron chi connectivity index (χ4n) is 4.36. The van der Waals surface area contributed by atoms with E-state index in [0.717, 1.165) is 0 Å². The maximum Gasteiger partial charge on any atom is 0.410 e. The highest BCUT2D eigenvalue weighted by atomic mass is 16.6. The number of nitrogens with one attached hydrogen (secondary N) is 1. The molecular weight excluding hydrogens is 418 g/mol. The molecule has 10 heteroatoms. The minimum absolute atomic E-state index is 0.146. The Balaban J connectivity index is 1.43. The monoisotopic (exact) mass is 447 g/mol. The Labute approximate surface area is 186 Å². The summed E-state index contributed by atoms with van der Waals surface area (Å²) in [6.07, 6.45) is -1.98. The van der Waals surface area contributed by atoms with Gasteiger partial charge in [-0.05, 0) is 39.3 Å². The largest absolute Gasteiger partial charge is 0.489 e. The molecule has 0 saturated carbocycles. The van der Waals surface area contributed by atoms with Gasteiger partial charge < -0.3 is 24.6 Å². The summed E-state index contributed by atoms with van der Waals surface area (Å²) in [4.78, 5) is 38.8. The third kappa shape index (κ3) is 4.43. The number of likely N-dealkylation sites (tertiary alicyclic amines) is 1. The molecule has 0 unspecified atom stereocenters. The Bertz CT molecular complexity index is 929. The van der Waals surface area contributed by atoms with Gasteiger partial charge in [0.15, 0.2) is 0 Å². The molecule has 174 valence electrons.